The van der Waals surface area contributed by atoms with Crippen molar-refractivity contribution in [2.24, 2.45) is 0 Å². The molecule has 0 aliphatic heterocycles. The maximum atomic E-state index is 13.1. The molecule has 0 aromatic heterocycles. The summed E-state index contributed by atoms with van der Waals surface area (Å²) in [5, 5.41) is 8.25. The van der Waals surface area contributed by atoms with Crippen LogP contribution in [0, 0.1) is 17.5 Å². The first kappa shape index (κ1) is 11.7. The third-order valence-corrected chi connectivity index (χ3v) is 2.11. The van der Waals surface area contributed by atoms with Crippen LogP contribution in [0.4, 0.5) is 13.2 Å². The van der Waals surface area contributed by atoms with Gasteiger partial charge in [0.05, 0.1) is 4.47 Å². The fourth-order valence-electron chi connectivity index (χ4n) is 0.879. The van der Waals surface area contributed by atoms with E-state index in [0.29, 0.717) is 6.07 Å². The Kier molecular flexibility index (Phi) is 3.13. The van der Waals surface area contributed by atoms with Gasteiger partial charge in [0, 0.05) is 0 Å². The van der Waals surface area contributed by atoms with E-state index in [-0.39, 0.29) is 0 Å². The van der Waals surface area contributed by atoms with Crippen molar-refractivity contribution in [2.45, 2.75) is 0 Å². The van der Waals surface area contributed by atoms with Crippen molar-refractivity contribution in [3.63, 3.8) is 0 Å². The number of hydrogen-bond donors (Lipinski definition) is 1. The zero-order chi connectivity index (χ0) is 11.7. The van der Waals surface area contributed by atoms with Gasteiger partial charge in [0.15, 0.2) is 17.5 Å². The van der Waals surface area contributed by atoms with Gasteiger partial charge in [0.25, 0.3) is 5.78 Å². The number of benzene rings is 1. The lowest BCUT2D eigenvalue weighted by atomic mass is 10.1. The van der Waals surface area contributed by atoms with Gasteiger partial charge in [-0.25, -0.2) is 18.0 Å². The minimum Gasteiger partial charge on any atom is -0.475 e. The lowest BCUT2D eigenvalue weighted by Gasteiger charge is -2.03. The van der Waals surface area contributed by atoms with Crippen LogP contribution in [-0.2, 0) is 4.79 Å². The molecule has 1 aromatic rings. The summed E-state index contributed by atoms with van der Waals surface area (Å²) >= 11 is 2.52. The Morgan fingerprint density at radius 1 is 1.20 bits per heavy atom. The zero-order valence-electron chi connectivity index (χ0n) is 6.85. The third-order valence-electron chi connectivity index (χ3n) is 1.53. The van der Waals surface area contributed by atoms with Crippen molar-refractivity contribution in [1.82, 2.24) is 0 Å². The van der Waals surface area contributed by atoms with E-state index in [0.717, 1.165) is 0 Å². The highest BCUT2D eigenvalue weighted by atomic mass is 79.9. The topological polar surface area (TPSA) is 54.4 Å². The quantitative estimate of drug-likeness (QED) is 0.514. The maximum absolute atomic E-state index is 13.1. The number of carbonyl (C=O) groups is 2. The average Bonchev–Trinajstić information content (AvgIpc) is 2.15. The molecule has 1 rings (SSSR count). The highest BCUT2D eigenvalue weighted by molar-refractivity contribution is 9.10. The number of rotatable bonds is 2. The van der Waals surface area contributed by atoms with Crippen LogP contribution in [0.5, 0.6) is 0 Å². The molecule has 0 spiro atoms. The predicted molar refractivity (Wildman–Crippen MR) is 46.0 cm³/mol. The molecular weight excluding hydrogens is 281 g/mol. The number of hydrogen-bond acceptors (Lipinski definition) is 2. The summed E-state index contributed by atoms with van der Waals surface area (Å²) < 4.78 is 38.3. The van der Waals surface area contributed by atoms with Gasteiger partial charge in [-0.3, -0.25) is 4.79 Å². The average molecular weight is 283 g/mol. The first-order valence-corrected chi connectivity index (χ1v) is 4.26. The zero-order valence-corrected chi connectivity index (χ0v) is 8.44. The molecule has 1 N–H and O–H groups in total. The highest BCUT2D eigenvalue weighted by Gasteiger charge is 2.27. The van der Waals surface area contributed by atoms with E-state index in [1.54, 1.807) is 0 Å². The summed E-state index contributed by atoms with van der Waals surface area (Å²) in [7, 11) is 0. The van der Waals surface area contributed by atoms with Crippen LogP contribution in [0.1, 0.15) is 10.4 Å². The van der Waals surface area contributed by atoms with E-state index in [2.05, 4.69) is 15.9 Å². The molecule has 0 amide bonds. The summed E-state index contributed by atoms with van der Waals surface area (Å²) in [6, 6.07) is 0.462. The van der Waals surface area contributed by atoms with Gasteiger partial charge >= 0.3 is 5.97 Å². The lowest BCUT2D eigenvalue weighted by Crippen LogP contribution is -2.17. The summed E-state index contributed by atoms with van der Waals surface area (Å²) in [5.41, 5.74) is -1.42. The molecule has 0 bridgehead atoms. The molecular formula is C8H2BrF3O3. The SMILES string of the molecule is O=C(O)C(=O)c1c(F)c(F)cc(Br)c1F. The Labute approximate surface area is 89.6 Å². The van der Waals surface area contributed by atoms with Crippen molar-refractivity contribution in [1.29, 1.82) is 0 Å². The largest absolute Gasteiger partial charge is 0.475 e. The van der Waals surface area contributed by atoms with E-state index in [9.17, 15) is 22.8 Å². The van der Waals surface area contributed by atoms with Crippen LogP contribution in [0.2, 0.25) is 0 Å². The van der Waals surface area contributed by atoms with E-state index in [1.807, 2.05) is 0 Å². The second kappa shape index (κ2) is 4.01. The Morgan fingerprint density at radius 2 is 1.73 bits per heavy atom. The first-order chi connectivity index (χ1) is 6.86. The van der Waals surface area contributed by atoms with Crippen molar-refractivity contribution < 1.29 is 27.9 Å². The van der Waals surface area contributed by atoms with Gasteiger partial charge in [-0.1, -0.05) is 0 Å². The molecule has 0 unspecified atom stereocenters. The van der Waals surface area contributed by atoms with Gasteiger partial charge in [-0.15, -0.1) is 0 Å². The molecule has 0 aliphatic rings. The van der Waals surface area contributed by atoms with Gasteiger partial charge in [0.2, 0.25) is 0 Å². The molecule has 1 aromatic carbocycles. The molecule has 3 nitrogen and oxygen atoms in total. The lowest BCUT2D eigenvalue weighted by molar-refractivity contribution is -0.131. The molecule has 0 saturated carbocycles. The molecule has 0 aliphatic carbocycles. The van der Waals surface area contributed by atoms with E-state index >= 15 is 0 Å². The summed E-state index contributed by atoms with van der Waals surface area (Å²) in [6.45, 7) is 0. The number of carboxylic acid groups (broad SMARTS) is 1. The Bertz CT molecular complexity index is 433. The number of carbonyl (C=O) groups excluding carboxylic acids is 1. The van der Waals surface area contributed by atoms with Crippen LogP contribution >= 0.6 is 15.9 Å². The van der Waals surface area contributed by atoms with Crippen molar-refractivity contribution in [3.05, 3.63) is 33.6 Å². The van der Waals surface area contributed by atoms with Gasteiger partial charge in [0.1, 0.15) is 5.56 Å². The molecule has 0 saturated heterocycles. The summed E-state index contributed by atoms with van der Waals surface area (Å²) in [4.78, 5) is 21.0. The molecule has 0 heterocycles. The minimum absolute atomic E-state index is 0.462. The number of aliphatic carboxylic acids is 1. The van der Waals surface area contributed by atoms with Gasteiger partial charge in [-0.2, -0.15) is 0 Å². The van der Waals surface area contributed by atoms with Crippen LogP contribution in [0.25, 0.3) is 0 Å². The van der Waals surface area contributed by atoms with E-state index in [4.69, 9.17) is 5.11 Å². The molecule has 15 heavy (non-hydrogen) atoms. The van der Waals surface area contributed by atoms with Gasteiger partial charge in [-0.05, 0) is 22.0 Å². The molecule has 7 heteroatoms. The number of Topliss-reactive ketones (excluding diaryl/α,β-unsaturated/α-hetero) is 1. The summed E-state index contributed by atoms with van der Waals surface area (Å²) in [6.07, 6.45) is 0. The van der Waals surface area contributed by atoms with Crippen molar-refractivity contribution in [3.8, 4) is 0 Å². The minimum atomic E-state index is -2.06. The normalized spacial score (nSPS) is 10.1. The Morgan fingerprint density at radius 3 is 2.20 bits per heavy atom. The smallest absolute Gasteiger partial charge is 0.377 e. The van der Waals surface area contributed by atoms with Crippen molar-refractivity contribution >= 4 is 27.7 Å². The molecule has 80 valence electrons. The second-order valence-corrected chi connectivity index (χ2v) is 3.33. The van der Waals surface area contributed by atoms with Crippen LogP contribution in [0.3, 0.4) is 0 Å². The second-order valence-electron chi connectivity index (χ2n) is 2.48. The molecule has 0 fully saturated rings. The van der Waals surface area contributed by atoms with E-state index < -0.39 is 39.2 Å². The monoisotopic (exact) mass is 282 g/mol. The van der Waals surface area contributed by atoms with Crippen LogP contribution < -0.4 is 0 Å². The molecule has 0 atom stereocenters. The van der Waals surface area contributed by atoms with Gasteiger partial charge < -0.3 is 5.11 Å². The van der Waals surface area contributed by atoms with Crippen LogP contribution in [0.15, 0.2) is 10.5 Å². The molecule has 0 radical (unpaired) electrons. The highest BCUT2D eigenvalue weighted by Crippen LogP contribution is 2.24. The third kappa shape index (κ3) is 2.01. The Hall–Kier alpha value is -1.37. The van der Waals surface area contributed by atoms with Crippen molar-refractivity contribution in [2.75, 3.05) is 0 Å². The summed E-state index contributed by atoms with van der Waals surface area (Å²) in [5.74, 6) is -8.67. The predicted octanol–water partition coefficient (Wildman–Crippen LogP) is 2.13. The maximum Gasteiger partial charge on any atom is 0.377 e. The standard InChI is InChI=1S/C8H2BrF3O3/c9-2-1-3(10)6(12)4(5(2)11)7(13)8(14)15/h1H,(H,14,15). The number of halogens is 4. The first-order valence-electron chi connectivity index (χ1n) is 3.47. The number of ketones is 1. The fourth-order valence-corrected chi connectivity index (χ4v) is 1.28. The number of carboxylic acids is 1. The fraction of sp³-hybridized carbons (Fsp3) is 0. The Balaban J connectivity index is 3.53. The van der Waals surface area contributed by atoms with Crippen LogP contribution in [-0.4, -0.2) is 16.9 Å². The van der Waals surface area contributed by atoms with E-state index in [1.165, 1.54) is 0 Å².